The van der Waals surface area contributed by atoms with Crippen LogP contribution in [0.3, 0.4) is 0 Å². The molecule has 0 N–H and O–H groups in total. The molecule has 0 heteroatoms. The van der Waals surface area contributed by atoms with Crippen molar-refractivity contribution in [3.8, 4) is 0 Å². The third-order valence-corrected chi connectivity index (χ3v) is 8.07. The molecule has 0 nitrogen and oxygen atoms in total. The van der Waals surface area contributed by atoms with Gasteiger partial charge in [0.05, 0.1) is 0 Å². The Balaban J connectivity index is 1.73. The summed E-state index contributed by atoms with van der Waals surface area (Å²) in [4.78, 5) is 0. The van der Waals surface area contributed by atoms with Crippen molar-refractivity contribution in [2.45, 2.75) is 101 Å². The monoisotopic (exact) mass is 292 g/mol. The maximum absolute atomic E-state index is 1.97. The van der Waals surface area contributed by atoms with Gasteiger partial charge in [-0.15, -0.1) is 0 Å². The van der Waals surface area contributed by atoms with Crippen molar-refractivity contribution < 1.29 is 0 Å². The highest BCUT2D eigenvalue weighted by atomic mass is 14.5. The van der Waals surface area contributed by atoms with Crippen LogP contribution in [0.5, 0.6) is 0 Å². The Kier molecular flexibility index (Phi) is 2.52. The van der Waals surface area contributed by atoms with E-state index in [2.05, 4.69) is 0 Å². The summed E-state index contributed by atoms with van der Waals surface area (Å²) in [6.07, 6.45) is 17.9. The van der Waals surface area contributed by atoms with Crippen molar-refractivity contribution >= 4 is 0 Å². The fourth-order valence-corrected chi connectivity index (χ4v) is 7.31. The molecule has 4 atom stereocenters. The molecule has 4 unspecified atom stereocenters. The van der Waals surface area contributed by atoms with Crippen LogP contribution in [0.1, 0.15) is 121 Å². The van der Waals surface area contributed by atoms with Crippen LogP contribution in [0.25, 0.3) is 0 Å². The van der Waals surface area contributed by atoms with Crippen molar-refractivity contribution in [3.05, 3.63) is 33.4 Å². The van der Waals surface area contributed by atoms with Crippen LogP contribution in [-0.4, -0.2) is 0 Å². The van der Waals surface area contributed by atoms with Gasteiger partial charge in [-0.3, -0.25) is 0 Å². The lowest BCUT2D eigenvalue weighted by molar-refractivity contribution is 0.338. The lowest BCUT2D eigenvalue weighted by Gasteiger charge is -2.49. The van der Waals surface area contributed by atoms with Gasteiger partial charge in [0.2, 0.25) is 0 Å². The minimum Gasteiger partial charge on any atom is -0.0486 e. The van der Waals surface area contributed by atoms with E-state index >= 15 is 0 Å². The molecule has 0 saturated carbocycles. The van der Waals surface area contributed by atoms with Crippen molar-refractivity contribution in [3.63, 3.8) is 0 Å². The highest BCUT2D eigenvalue weighted by Crippen LogP contribution is 2.60. The largest absolute Gasteiger partial charge is 0.0486 e. The summed E-state index contributed by atoms with van der Waals surface area (Å²) in [5, 5.41) is 0. The van der Waals surface area contributed by atoms with Gasteiger partial charge in [0.15, 0.2) is 0 Å². The lowest BCUT2D eigenvalue weighted by atomic mass is 9.56. The summed E-state index contributed by atoms with van der Waals surface area (Å²) in [5.74, 6) is 3.83. The second kappa shape index (κ2) is 4.40. The third kappa shape index (κ3) is 1.46. The summed E-state index contributed by atoms with van der Waals surface area (Å²) < 4.78 is 0. The molecule has 116 valence electrons. The van der Waals surface area contributed by atoms with Crippen molar-refractivity contribution in [1.82, 2.24) is 0 Å². The Morgan fingerprint density at radius 2 is 0.773 bits per heavy atom. The third-order valence-electron chi connectivity index (χ3n) is 8.07. The Labute approximate surface area is 134 Å². The van der Waals surface area contributed by atoms with Gasteiger partial charge in [0.1, 0.15) is 0 Å². The number of benzene rings is 1. The van der Waals surface area contributed by atoms with Gasteiger partial charge in [-0.2, -0.15) is 0 Å². The Hall–Kier alpha value is -0.780. The summed E-state index contributed by atoms with van der Waals surface area (Å²) >= 11 is 0. The second-order valence-electron chi connectivity index (χ2n) is 8.92. The molecular formula is C22H28. The van der Waals surface area contributed by atoms with Crippen molar-refractivity contribution in [2.24, 2.45) is 0 Å². The van der Waals surface area contributed by atoms with Gasteiger partial charge in [-0.25, -0.2) is 0 Å². The van der Waals surface area contributed by atoms with Gasteiger partial charge < -0.3 is 0 Å². The number of hydrogen-bond donors (Lipinski definition) is 0. The van der Waals surface area contributed by atoms with Gasteiger partial charge in [-0.05, 0) is 134 Å². The standard InChI is InChI=1S/C22H28/c1-3-13-7-9-15-11-12-16-10-8-14-4-2-6-18-17(5-1)19(13)21(15)22(16)20(14)18/h13-16H,1-12H2. The molecule has 1 aromatic carbocycles. The number of rotatable bonds is 0. The highest BCUT2D eigenvalue weighted by molar-refractivity contribution is 5.61. The molecule has 0 aromatic heterocycles. The summed E-state index contributed by atoms with van der Waals surface area (Å²) in [6.45, 7) is 0. The molecule has 0 heterocycles. The van der Waals surface area contributed by atoms with E-state index in [4.69, 9.17) is 0 Å². The molecule has 5 aliphatic rings. The lowest BCUT2D eigenvalue weighted by Crippen LogP contribution is -2.33. The molecule has 0 fully saturated rings. The van der Waals surface area contributed by atoms with Gasteiger partial charge >= 0.3 is 0 Å². The van der Waals surface area contributed by atoms with Crippen LogP contribution in [0.15, 0.2) is 0 Å². The predicted octanol–water partition coefficient (Wildman–Crippen LogP) is 6.08. The Morgan fingerprint density at radius 1 is 0.409 bits per heavy atom. The Bertz CT molecular complexity index is 592. The van der Waals surface area contributed by atoms with E-state index in [0.717, 1.165) is 23.7 Å². The molecule has 0 aliphatic heterocycles. The first-order valence-corrected chi connectivity index (χ1v) is 10.1. The van der Waals surface area contributed by atoms with Gasteiger partial charge in [0, 0.05) is 0 Å². The van der Waals surface area contributed by atoms with Gasteiger partial charge in [-0.1, -0.05) is 0 Å². The van der Waals surface area contributed by atoms with Crippen LogP contribution >= 0.6 is 0 Å². The zero-order valence-corrected chi connectivity index (χ0v) is 13.8. The quantitative estimate of drug-likeness (QED) is 0.544. The first-order chi connectivity index (χ1) is 10.9. The maximum Gasteiger partial charge on any atom is -0.0156 e. The molecule has 0 spiro atoms. The highest BCUT2D eigenvalue weighted by Gasteiger charge is 2.44. The van der Waals surface area contributed by atoms with Crippen LogP contribution in [-0.2, 0) is 12.8 Å². The molecule has 0 amide bonds. The van der Waals surface area contributed by atoms with E-state index in [1.165, 1.54) is 77.0 Å². The average Bonchev–Trinajstić information content (AvgIpc) is 2.59. The molecule has 5 aliphatic carbocycles. The molecule has 6 rings (SSSR count). The molecule has 1 aromatic rings. The molecule has 0 saturated heterocycles. The predicted molar refractivity (Wildman–Crippen MR) is 91.0 cm³/mol. The molecule has 0 radical (unpaired) electrons. The fraction of sp³-hybridized carbons (Fsp3) is 0.727. The van der Waals surface area contributed by atoms with E-state index in [9.17, 15) is 0 Å². The normalized spacial score (nSPS) is 37.6. The summed E-state index contributed by atoms with van der Waals surface area (Å²) in [7, 11) is 0. The van der Waals surface area contributed by atoms with E-state index in [0.29, 0.717) is 0 Å². The zero-order valence-electron chi connectivity index (χ0n) is 13.8. The molecule has 22 heavy (non-hydrogen) atoms. The summed E-state index contributed by atoms with van der Waals surface area (Å²) in [6, 6.07) is 0. The summed E-state index contributed by atoms with van der Waals surface area (Å²) in [5.41, 5.74) is 11.6. The minimum absolute atomic E-state index is 0.956. The minimum atomic E-state index is 0.956. The van der Waals surface area contributed by atoms with Crippen LogP contribution < -0.4 is 0 Å². The van der Waals surface area contributed by atoms with E-state index < -0.39 is 0 Å². The van der Waals surface area contributed by atoms with Crippen molar-refractivity contribution in [2.75, 3.05) is 0 Å². The van der Waals surface area contributed by atoms with Crippen LogP contribution in [0, 0.1) is 0 Å². The topological polar surface area (TPSA) is 0 Å². The zero-order chi connectivity index (χ0) is 14.3. The van der Waals surface area contributed by atoms with E-state index in [-0.39, 0.29) is 0 Å². The average molecular weight is 292 g/mol. The second-order valence-corrected chi connectivity index (χ2v) is 8.92. The number of fused-ring (bicyclic) bond motifs is 1. The number of hydrogen-bond acceptors (Lipinski definition) is 0. The maximum atomic E-state index is 1.97. The van der Waals surface area contributed by atoms with Gasteiger partial charge in [0.25, 0.3) is 0 Å². The van der Waals surface area contributed by atoms with E-state index in [1.54, 1.807) is 0 Å². The van der Waals surface area contributed by atoms with Crippen LogP contribution in [0.2, 0.25) is 0 Å². The smallest absolute Gasteiger partial charge is 0.0156 e. The van der Waals surface area contributed by atoms with E-state index in [1.807, 2.05) is 33.4 Å². The SMILES string of the molecule is C1Cc2c3c4c5c6c2C(C1)CCC6CCC5CCC4CCC3. The van der Waals surface area contributed by atoms with Crippen molar-refractivity contribution in [1.29, 1.82) is 0 Å². The Morgan fingerprint density at radius 3 is 1.18 bits per heavy atom. The molecule has 0 bridgehead atoms. The molecular weight excluding hydrogens is 264 g/mol. The fourth-order valence-electron chi connectivity index (χ4n) is 7.31. The first-order valence-electron chi connectivity index (χ1n) is 10.1. The van der Waals surface area contributed by atoms with Crippen LogP contribution in [0.4, 0.5) is 0 Å². The first kappa shape index (κ1) is 12.6.